The number of nitrogen functional groups attached to an aromatic ring is 1. The van der Waals surface area contributed by atoms with Crippen LogP contribution in [-0.2, 0) is 0 Å². The number of pyridine rings is 2. The summed E-state index contributed by atoms with van der Waals surface area (Å²) in [5.74, 6) is 0.0276. The Bertz CT molecular complexity index is 1930. The highest BCUT2D eigenvalue weighted by atomic mass is 35.5. The number of rotatable bonds is 8. The normalized spacial score (nSPS) is 19.8. The third-order valence-electron chi connectivity index (χ3n) is 10.3. The molecule has 3 aliphatic heterocycles. The van der Waals surface area contributed by atoms with Crippen molar-refractivity contribution in [2.75, 3.05) is 50.7 Å². The minimum absolute atomic E-state index is 0.0167. The largest absolute Gasteiger partial charge is 0.475 e. The van der Waals surface area contributed by atoms with Crippen molar-refractivity contribution in [3.63, 3.8) is 0 Å². The van der Waals surface area contributed by atoms with Gasteiger partial charge in [-0.15, -0.1) is 5.73 Å². The van der Waals surface area contributed by atoms with Crippen LogP contribution >= 0.6 is 11.6 Å². The van der Waals surface area contributed by atoms with Crippen LogP contribution in [0.2, 0.25) is 0 Å². The van der Waals surface area contributed by atoms with Crippen molar-refractivity contribution in [1.29, 1.82) is 0 Å². The molecule has 52 heavy (non-hydrogen) atoms. The number of aromatic nitrogens is 4. The van der Waals surface area contributed by atoms with E-state index in [-0.39, 0.29) is 63.2 Å². The Morgan fingerprint density at radius 3 is 2.52 bits per heavy atom. The lowest BCUT2D eigenvalue weighted by atomic mass is 9.95. The van der Waals surface area contributed by atoms with Crippen molar-refractivity contribution in [3.8, 4) is 11.9 Å². The van der Waals surface area contributed by atoms with E-state index in [2.05, 4.69) is 25.6 Å². The maximum Gasteiger partial charge on any atom is 0.319 e. The molecule has 2 saturated heterocycles. The maximum atomic E-state index is 17.1. The molecule has 9 nitrogen and oxygen atoms in total. The molecule has 278 valence electrons. The second kappa shape index (κ2) is 15.8. The first-order valence-electron chi connectivity index (χ1n) is 17.9. The number of anilines is 2. The highest BCUT2D eigenvalue weighted by Gasteiger charge is 2.45. The first kappa shape index (κ1) is 37.6. The Balaban J connectivity index is 0.00000112. The minimum atomic E-state index is -2.85. The van der Waals surface area contributed by atoms with Crippen molar-refractivity contribution >= 4 is 39.7 Å². The van der Waals surface area contributed by atoms with Crippen LogP contribution in [0.5, 0.6) is 11.9 Å². The number of ether oxygens (including phenoxy) is 2. The van der Waals surface area contributed by atoms with Crippen LogP contribution in [0.1, 0.15) is 76.6 Å². The van der Waals surface area contributed by atoms with Crippen LogP contribution in [0.4, 0.5) is 29.2 Å². The summed E-state index contributed by atoms with van der Waals surface area (Å²) in [6.45, 7) is 8.92. The topological polar surface area (TPSA) is 103 Å². The molecule has 0 aromatic carbocycles. The van der Waals surface area contributed by atoms with Crippen LogP contribution in [0, 0.1) is 11.7 Å². The molecule has 0 bridgehead atoms. The maximum absolute atomic E-state index is 17.1. The second-order valence-electron chi connectivity index (χ2n) is 13.2. The van der Waals surface area contributed by atoms with Crippen molar-refractivity contribution in [2.45, 2.75) is 77.3 Å². The fraction of sp³-hybridized carbons (Fsp3) is 0.500. The minimum Gasteiger partial charge on any atom is -0.475 e. The standard InChI is InChI=1S/C35H35ClF3N7O2.C2H6.CH3F/c1-19(22-5-2-12-41-31(22)40)46-15-16-47-33-26-29(43-34(44-32(26)46)48-18-35-10-3-13-45(35)14-4-11-35)27(37)28(42-33)23-17-21(30(38)39)8-9-24(36)25(23)20-6-7-20;2*1-2/h2,5,9,12,17,19-20,30H,3-4,6-7,10-11,13-16,18H2,1H3,(H2,40,41);1-2H3;1H3. The van der Waals surface area contributed by atoms with Gasteiger partial charge in [0.25, 0.3) is 6.43 Å². The van der Waals surface area contributed by atoms with Crippen molar-refractivity contribution in [1.82, 2.24) is 24.8 Å². The van der Waals surface area contributed by atoms with Crippen LogP contribution in [0.25, 0.3) is 16.5 Å². The van der Waals surface area contributed by atoms with Crippen molar-refractivity contribution in [3.05, 3.63) is 69.5 Å². The summed E-state index contributed by atoms with van der Waals surface area (Å²) in [6.07, 6.45) is 7.13. The SMILES string of the molecule is CC.CC(c1cccnc1N)N1CCOc2nc(C3=CC(C(F)F)=C=CC(Cl)=C3C3CC3)c(F)c3nc(OCC45CCCN4CCC5)nc1c23.CF. The monoisotopic (exact) mass is 741 g/mol. The zero-order valence-electron chi connectivity index (χ0n) is 29.9. The number of fused-ring (bicyclic) bond motifs is 1. The van der Waals surface area contributed by atoms with Crippen molar-refractivity contribution < 1.29 is 27.0 Å². The van der Waals surface area contributed by atoms with Crippen LogP contribution in [-0.4, -0.2) is 76.8 Å². The van der Waals surface area contributed by atoms with Gasteiger partial charge in [0.2, 0.25) is 5.88 Å². The van der Waals surface area contributed by atoms with Gasteiger partial charge in [0.05, 0.1) is 35.9 Å². The fourth-order valence-electron chi connectivity index (χ4n) is 7.73. The molecule has 1 atom stereocenters. The number of nitrogens with zero attached hydrogens (tertiary/aromatic N) is 6. The van der Waals surface area contributed by atoms with Gasteiger partial charge in [0.15, 0.2) is 5.82 Å². The number of nitrogens with two attached hydrogens (primary N) is 1. The zero-order chi connectivity index (χ0) is 37.2. The van der Waals surface area contributed by atoms with Crippen molar-refractivity contribution in [2.24, 2.45) is 5.92 Å². The first-order chi connectivity index (χ1) is 25.2. The van der Waals surface area contributed by atoms with Gasteiger partial charge in [-0.25, -0.2) is 23.1 Å². The molecule has 3 fully saturated rings. The van der Waals surface area contributed by atoms with E-state index < -0.39 is 17.8 Å². The van der Waals surface area contributed by atoms with E-state index in [1.165, 1.54) is 12.2 Å². The summed E-state index contributed by atoms with van der Waals surface area (Å²) < 4.78 is 67.4. The molecule has 2 N–H and O–H groups in total. The van der Waals surface area contributed by atoms with Gasteiger partial charge < -0.3 is 20.1 Å². The van der Waals surface area contributed by atoms with E-state index in [0.717, 1.165) is 57.2 Å². The first-order valence-corrected chi connectivity index (χ1v) is 18.3. The van der Waals surface area contributed by atoms with E-state index in [4.69, 9.17) is 31.8 Å². The molecule has 14 heteroatoms. The summed E-state index contributed by atoms with van der Waals surface area (Å²) in [6, 6.07) is 3.38. The van der Waals surface area contributed by atoms with Gasteiger partial charge in [0, 0.05) is 17.3 Å². The van der Waals surface area contributed by atoms with Crippen LogP contribution in [0.15, 0.2) is 52.4 Å². The smallest absolute Gasteiger partial charge is 0.319 e. The molecular formula is C38H44ClF4N7O2. The molecule has 0 radical (unpaired) electrons. The summed E-state index contributed by atoms with van der Waals surface area (Å²) in [7, 11) is 0.500. The summed E-state index contributed by atoms with van der Waals surface area (Å²) in [5.41, 5.74) is 9.62. The number of allylic oxidation sites excluding steroid dienone is 5. The van der Waals surface area contributed by atoms with E-state index in [1.807, 2.05) is 37.8 Å². The van der Waals surface area contributed by atoms with Crippen LogP contribution < -0.4 is 20.1 Å². The van der Waals surface area contributed by atoms with E-state index in [1.54, 1.807) is 6.20 Å². The van der Waals surface area contributed by atoms with E-state index in [9.17, 15) is 13.2 Å². The molecule has 0 amide bonds. The molecular weight excluding hydrogens is 698 g/mol. The fourth-order valence-corrected chi connectivity index (χ4v) is 8.04. The van der Waals surface area contributed by atoms with Gasteiger partial charge in [-0.05, 0) is 88.2 Å². The average Bonchev–Trinajstić information content (AvgIpc) is 3.87. The summed E-state index contributed by atoms with van der Waals surface area (Å²) in [4.78, 5) is 22.9. The van der Waals surface area contributed by atoms with Gasteiger partial charge in [-0.1, -0.05) is 31.5 Å². The Morgan fingerprint density at radius 1 is 1.12 bits per heavy atom. The summed E-state index contributed by atoms with van der Waals surface area (Å²) in [5, 5.41) is 0.489. The molecule has 3 aromatic rings. The Morgan fingerprint density at radius 2 is 1.85 bits per heavy atom. The van der Waals surface area contributed by atoms with Gasteiger partial charge in [-0.3, -0.25) is 9.29 Å². The second-order valence-corrected chi connectivity index (χ2v) is 13.6. The van der Waals surface area contributed by atoms with Gasteiger partial charge in [0.1, 0.15) is 41.4 Å². The number of hydrogen-bond acceptors (Lipinski definition) is 9. The lowest BCUT2D eigenvalue weighted by Gasteiger charge is -2.32. The average molecular weight is 742 g/mol. The molecule has 5 aliphatic rings. The quantitative estimate of drug-likeness (QED) is 0.180. The Kier molecular flexibility index (Phi) is 11.4. The predicted octanol–water partition coefficient (Wildman–Crippen LogP) is 8.37. The highest BCUT2D eigenvalue weighted by Crippen LogP contribution is 2.49. The number of hydrogen-bond donors (Lipinski definition) is 1. The van der Waals surface area contributed by atoms with Gasteiger partial charge in [-0.2, -0.15) is 9.97 Å². The number of alkyl halides is 3. The Labute approximate surface area is 306 Å². The number of halogens is 5. The molecule has 3 aromatic heterocycles. The lowest BCUT2D eigenvalue weighted by molar-refractivity contribution is 0.108. The third kappa shape index (κ3) is 6.98. The van der Waals surface area contributed by atoms with Crippen LogP contribution in [0.3, 0.4) is 0 Å². The third-order valence-corrected chi connectivity index (χ3v) is 10.6. The molecule has 6 heterocycles. The molecule has 8 rings (SSSR count). The lowest BCUT2D eigenvalue weighted by Crippen LogP contribution is -2.43. The van der Waals surface area contributed by atoms with E-state index in [0.29, 0.717) is 37.5 Å². The summed E-state index contributed by atoms with van der Waals surface area (Å²) >= 11 is 6.65. The zero-order valence-corrected chi connectivity index (χ0v) is 30.6. The Hall–Kier alpha value is -4.19. The molecule has 2 aliphatic carbocycles. The molecule has 1 unspecified atom stereocenters. The molecule has 0 spiro atoms. The van der Waals surface area contributed by atoms with E-state index >= 15 is 4.39 Å². The highest BCUT2D eigenvalue weighted by molar-refractivity contribution is 6.32. The molecule has 1 saturated carbocycles. The predicted molar refractivity (Wildman–Crippen MR) is 195 cm³/mol. The van der Waals surface area contributed by atoms with Gasteiger partial charge >= 0.3 is 6.01 Å².